The fraction of sp³-hybridized carbons (Fsp3) is 0.263. The summed E-state index contributed by atoms with van der Waals surface area (Å²) in [6, 6.07) is 11.7. The van der Waals surface area contributed by atoms with Crippen molar-refractivity contribution >= 4 is 11.9 Å². The van der Waals surface area contributed by atoms with Gasteiger partial charge in [-0.15, -0.1) is 0 Å². The second-order valence-corrected chi connectivity index (χ2v) is 6.26. The highest BCUT2D eigenvalue weighted by atomic mass is 16.4. The SMILES string of the molecule is CCc1cc(-n2ccc(C(=O)O)n2)nc(N2CCc3ccccc3C2)n1. The van der Waals surface area contributed by atoms with E-state index >= 15 is 0 Å². The zero-order valence-electron chi connectivity index (χ0n) is 14.5. The van der Waals surface area contributed by atoms with Gasteiger partial charge >= 0.3 is 5.97 Å². The molecule has 0 spiro atoms. The highest BCUT2D eigenvalue weighted by molar-refractivity contribution is 5.85. The summed E-state index contributed by atoms with van der Waals surface area (Å²) in [6.45, 7) is 3.65. The molecule has 132 valence electrons. The first kappa shape index (κ1) is 16.3. The predicted octanol–water partition coefficient (Wildman–Crippen LogP) is 2.49. The number of anilines is 1. The Morgan fingerprint density at radius 3 is 2.73 bits per heavy atom. The normalized spacial score (nSPS) is 13.5. The van der Waals surface area contributed by atoms with E-state index in [-0.39, 0.29) is 5.69 Å². The van der Waals surface area contributed by atoms with Crippen LogP contribution in [0, 0.1) is 0 Å². The second-order valence-electron chi connectivity index (χ2n) is 6.26. The summed E-state index contributed by atoms with van der Waals surface area (Å²) in [5, 5.41) is 13.2. The number of hydrogen-bond acceptors (Lipinski definition) is 5. The molecule has 0 unspecified atom stereocenters. The van der Waals surface area contributed by atoms with Gasteiger partial charge < -0.3 is 10.0 Å². The van der Waals surface area contributed by atoms with Gasteiger partial charge in [0.1, 0.15) is 0 Å². The van der Waals surface area contributed by atoms with E-state index in [0.717, 1.165) is 31.6 Å². The lowest BCUT2D eigenvalue weighted by Gasteiger charge is -2.29. The maximum absolute atomic E-state index is 11.1. The minimum Gasteiger partial charge on any atom is -0.476 e. The summed E-state index contributed by atoms with van der Waals surface area (Å²) >= 11 is 0. The first-order chi connectivity index (χ1) is 12.6. The van der Waals surface area contributed by atoms with Crippen LogP contribution in [0.5, 0.6) is 0 Å². The zero-order chi connectivity index (χ0) is 18.1. The maximum Gasteiger partial charge on any atom is 0.356 e. The Balaban J connectivity index is 1.69. The van der Waals surface area contributed by atoms with E-state index < -0.39 is 5.97 Å². The third-order valence-electron chi connectivity index (χ3n) is 4.57. The molecular formula is C19H19N5O2. The van der Waals surface area contributed by atoms with Crippen molar-refractivity contribution in [3.05, 3.63) is 65.1 Å². The van der Waals surface area contributed by atoms with E-state index in [1.54, 1.807) is 6.20 Å². The quantitative estimate of drug-likeness (QED) is 0.779. The molecule has 3 heterocycles. The highest BCUT2D eigenvalue weighted by Crippen LogP contribution is 2.23. The van der Waals surface area contributed by atoms with E-state index in [9.17, 15) is 4.79 Å². The molecule has 0 bridgehead atoms. The van der Waals surface area contributed by atoms with Crippen molar-refractivity contribution in [2.45, 2.75) is 26.3 Å². The van der Waals surface area contributed by atoms with E-state index in [4.69, 9.17) is 5.11 Å². The molecule has 0 radical (unpaired) electrons. The summed E-state index contributed by atoms with van der Waals surface area (Å²) in [7, 11) is 0. The number of hydrogen-bond donors (Lipinski definition) is 1. The molecule has 0 saturated carbocycles. The number of carboxylic acid groups (broad SMARTS) is 1. The number of nitrogens with zero attached hydrogens (tertiary/aromatic N) is 5. The minimum absolute atomic E-state index is 0.00453. The molecule has 1 aliphatic heterocycles. The van der Waals surface area contributed by atoms with Gasteiger partial charge in [0.2, 0.25) is 5.95 Å². The van der Waals surface area contributed by atoms with Crippen molar-refractivity contribution in [3.8, 4) is 5.82 Å². The van der Waals surface area contributed by atoms with E-state index in [1.165, 1.54) is 21.9 Å². The molecule has 0 atom stereocenters. The number of aryl methyl sites for hydroxylation is 1. The Labute approximate surface area is 150 Å². The lowest BCUT2D eigenvalue weighted by Crippen LogP contribution is -2.32. The Morgan fingerprint density at radius 2 is 2.00 bits per heavy atom. The molecule has 0 fully saturated rings. The molecule has 3 aromatic rings. The van der Waals surface area contributed by atoms with Crippen molar-refractivity contribution in [2.24, 2.45) is 0 Å². The van der Waals surface area contributed by atoms with Crippen LogP contribution in [0.2, 0.25) is 0 Å². The summed E-state index contributed by atoms with van der Waals surface area (Å²) in [5.74, 6) is 0.181. The third kappa shape index (κ3) is 3.03. The van der Waals surface area contributed by atoms with Gasteiger partial charge in [-0.05, 0) is 30.0 Å². The van der Waals surface area contributed by atoms with Gasteiger partial charge in [-0.1, -0.05) is 31.2 Å². The second kappa shape index (κ2) is 6.59. The fourth-order valence-electron chi connectivity index (χ4n) is 3.14. The molecule has 26 heavy (non-hydrogen) atoms. The number of carbonyl (C=O) groups is 1. The fourth-order valence-corrected chi connectivity index (χ4v) is 3.14. The van der Waals surface area contributed by atoms with Crippen LogP contribution in [0.1, 0.15) is 34.2 Å². The number of carboxylic acids is 1. The van der Waals surface area contributed by atoms with Crippen LogP contribution in [0.25, 0.3) is 5.82 Å². The van der Waals surface area contributed by atoms with Crippen molar-refractivity contribution in [2.75, 3.05) is 11.4 Å². The van der Waals surface area contributed by atoms with Gasteiger partial charge in [-0.3, -0.25) is 0 Å². The number of aromatic carboxylic acids is 1. The van der Waals surface area contributed by atoms with Gasteiger partial charge in [0.25, 0.3) is 0 Å². The Hall–Kier alpha value is -3.22. The average molecular weight is 349 g/mol. The van der Waals surface area contributed by atoms with Crippen molar-refractivity contribution in [3.63, 3.8) is 0 Å². The van der Waals surface area contributed by atoms with Crippen LogP contribution in [0.3, 0.4) is 0 Å². The molecule has 1 aromatic carbocycles. The van der Waals surface area contributed by atoms with E-state index in [2.05, 4.69) is 38.2 Å². The number of fused-ring (bicyclic) bond motifs is 1. The van der Waals surface area contributed by atoms with Crippen molar-refractivity contribution in [1.82, 2.24) is 19.7 Å². The van der Waals surface area contributed by atoms with Gasteiger partial charge in [0.15, 0.2) is 11.5 Å². The minimum atomic E-state index is -1.05. The molecule has 2 aromatic heterocycles. The molecular weight excluding hydrogens is 330 g/mol. The van der Waals surface area contributed by atoms with E-state index in [0.29, 0.717) is 11.8 Å². The molecule has 7 heteroatoms. The number of rotatable bonds is 4. The standard InChI is InChI=1S/C19H19N5O2/c1-2-15-11-17(24-10-8-16(22-24)18(25)26)21-19(20-15)23-9-7-13-5-3-4-6-14(13)12-23/h3-6,8,10-11H,2,7,9,12H2,1H3,(H,25,26). The maximum atomic E-state index is 11.1. The Kier molecular flexibility index (Phi) is 4.12. The van der Waals surface area contributed by atoms with Crippen LogP contribution in [-0.4, -0.2) is 37.4 Å². The lowest BCUT2D eigenvalue weighted by molar-refractivity contribution is 0.0690. The van der Waals surface area contributed by atoms with Crippen molar-refractivity contribution < 1.29 is 9.90 Å². The summed E-state index contributed by atoms with van der Waals surface area (Å²) < 4.78 is 1.49. The smallest absolute Gasteiger partial charge is 0.356 e. The number of aromatic nitrogens is 4. The van der Waals surface area contributed by atoms with Gasteiger partial charge in [0.05, 0.1) is 0 Å². The average Bonchev–Trinajstić information content (AvgIpc) is 3.18. The lowest BCUT2D eigenvalue weighted by atomic mass is 10.0. The van der Waals surface area contributed by atoms with Crippen LogP contribution < -0.4 is 4.90 Å². The topological polar surface area (TPSA) is 84.1 Å². The van der Waals surface area contributed by atoms with Crippen LogP contribution in [-0.2, 0) is 19.4 Å². The number of benzene rings is 1. The Bertz CT molecular complexity index is 966. The monoisotopic (exact) mass is 349 g/mol. The van der Waals surface area contributed by atoms with Crippen LogP contribution in [0.4, 0.5) is 5.95 Å². The van der Waals surface area contributed by atoms with Crippen LogP contribution >= 0.6 is 0 Å². The molecule has 0 amide bonds. The third-order valence-corrected chi connectivity index (χ3v) is 4.57. The Morgan fingerprint density at radius 1 is 1.19 bits per heavy atom. The largest absolute Gasteiger partial charge is 0.476 e. The zero-order valence-corrected chi connectivity index (χ0v) is 14.5. The van der Waals surface area contributed by atoms with Gasteiger partial charge in [-0.25, -0.2) is 14.5 Å². The van der Waals surface area contributed by atoms with Crippen LogP contribution in [0.15, 0.2) is 42.6 Å². The molecule has 4 rings (SSSR count). The molecule has 1 N–H and O–H groups in total. The summed E-state index contributed by atoms with van der Waals surface area (Å²) in [4.78, 5) is 22.6. The summed E-state index contributed by atoms with van der Waals surface area (Å²) in [6.07, 6.45) is 3.33. The first-order valence-electron chi connectivity index (χ1n) is 8.63. The molecule has 1 aliphatic rings. The molecule has 7 nitrogen and oxygen atoms in total. The van der Waals surface area contributed by atoms with Crippen molar-refractivity contribution in [1.29, 1.82) is 0 Å². The first-order valence-corrected chi connectivity index (χ1v) is 8.63. The van der Waals surface area contributed by atoms with E-state index in [1.807, 2.05) is 19.1 Å². The molecule has 0 saturated heterocycles. The molecule has 0 aliphatic carbocycles. The van der Waals surface area contributed by atoms with Gasteiger partial charge in [-0.2, -0.15) is 10.1 Å². The predicted molar refractivity (Wildman–Crippen MR) is 96.7 cm³/mol. The van der Waals surface area contributed by atoms with Gasteiger partial charge in [0, 0.05) is 31.0 Å². The highest BCUT2D eigenvalue weighted by Gasteiger charge is 2.20. The summed E-state index contributed by atoms with van der Waals surface area (Å²) in [5.41, 5.74) is 3.55.